The van der Waals surface area contributed by atoms with Gasteiger partial charge in [0.15, 0.2) is 5.92 Å². The van der Waals surface area contributed by atoms with E-state index in [1.54, 1.807) is 13.0 Å². The normalized spacial score (nSPS) is 12.1. The molecule has 0 aromatic heterocycles. The zero-order chi connectivity index (χ0) is 12.7. The molecule has 88 valence electrons. The topological polar surface area (TPSA) is 62.5 Å². The first kappa shape index (κ1) is 13.6. The van der Waals surface area contributed by atoms with E-state index in [-0.39, 0.29) is 6.61 Å². The molecule has 0 aliphatic carbocycles. The fourth-order valence-electron chi connectivity index (χ4n) is 1.10. The quantitative estimate of drug-likeness (QED) is 0.480. The molecule has 0 radical (unpaired) electrons. The van der Waals surface area contributed by atoms with Gasteiger partial charge in [-0.15, -0.1) is 0 Å². The summed E-state index contributed by atoms with van der Waals surface area (Å²) in [6, 6.07) is 9.31. The van der Waals surface area contributed by atoms with Crippen molar-refractivity contribution in [3.8, 4) is 6.07 Å². The number of rotatable bonds is 4. The van der Waals surface area contributed by atoms with Crippen molar-refractivity contribution in [2.75, 3.05) is 6.61 Å². The minimum absolute atomic E-state index is 0.258. The number of esters is 1. The monoisotopic (exact) mass is 342 g/mol. The molecule has 5 heteroatoms. The predicted molar refractivity (Wildman–Crippen MR) is 73.0 cm³/mol. The van der Waals surface area contributed by atoms with Gasteiger partial charge in [0.2, 0.25) is 0 Å². The van der Waals surface area contributed by atoms with Crippen LogP contribution in [0.1, 0.15) is 6.92 Å². The second-order valence-electron chi connectivity index (χ2n) is 3.12. The highest BCUT2D eigenvalue weighted by atomic mass is 127. The van der Waals surface area contributed by atoms with Crippen molar-refractivity contribution >= 4 is 40.5 Å². The molecule has 0 N–H and O–H groups in total. The minimum Gasteiger partial charge on any atom is -0.465 e. The number of aliphatic imine (C=N–C) groups is 1. The summed E-state index contributed by atoms with van der Waals surface area (Å²) >= 11 is 2.17. The van der Waals surface area contributed by atoms with Crippen molar-refractivity contribution in [3.63, 3.8) is 0 Å². The Hall–Kier alpha value is -1.42. The lowest BCUT2D eigenvalue weighted by Gasteiger charge is -2.02. The van der Waals surface area contributed by atoms with Crippen LogP contribution in [0.25, 0.3) is 0 Å². The molecular formula is C12H11IN2O2. The Morgan fingerprint density at radius 3 is 3.06 bits per heavy atom. The third-order valence-electron chi connectivity index (χ3n) is 1.86. The lowest BCUT2D eigenvalue weighted by molar-refractivity contribution is -0.143. The van der Waals surface area contributed by atoms with E-state index in [0.29, 0.717) is 5.69 Å². The number of hydrogen-bond acceptors (Lipinski definition) is 4. The predicted octanol–water partition coefficient (Wildman–Crippen LogP) is 2.70. The number of benzene rings is 1. The van der Waals surface area contributed by atoms with Gasteiger partial charge in [-0.1, -0.05) is 6.07 Å². The average molecular weight is 342 g/mol. The third-order valence-corrected chi connectivity index (χ3v) is 2.53. The zero-order valence-corrected chi connectivity index (χ0v) is 11.4. The molecule has 0 bridgehead atoms. The third kappa shape index (κ3) is 4.53. The fourth-order valence-corrected chi connectivity index (χ4v) is 1.62. The standard InChI is InChI=1S/C12H11IN2O2/c1-2-17-12(16)9(7-14)8-15-11-5-3-4-10(13)6-11/h3-6,8-9H,2H2,1H3. The number of carbonyl (C=O) groups excluding carboxylic acids is 1. The van der Waals surface area contributed by atoms with Gasteiger partial charge in [-0.25, -0.2) is 0 Å². The summed E-state index contributed by atoms with van der Waals surface area (Å²) in [5.41, 5.74) is 0.710. The first-order valence-electron chi connectivity index (χ1n) is 5.03. The summed E-state index contributed by atoms with van der Waals surface area (Å²) in [4.78, 5) is 15.4. The lowest BCUT2D eigenvalue weighted by atomic mass is 10.2. The van der Waals surface area contributed by atoms with Gasteiger partial charge in [-0.2, -0.15) is 5.26 Å². The van der Waals surface area contributed by atoms with Crippen LogP contribution in [-0.2, 0) is 9.53 Å². The van der Waals surface area contributed by atoms with Gasteiger partial charge in [-0.3, -0.25) is 9.79 Å². The van der Waals surface area contributed by atoms with Crippen LogP contribution in [0.5, 0.6) is 0 Å². The van der Waals surface area contributed by atoms with E-state index in [2.05, 4.69) is 27.6 Å². The maximum absolute atomic E-state index is 11.3. The van der Waals surface area contributed by atoms with Crippen LogP contribution in [0, 0.1) is 20.8 Å². The van der Waals surface area contributed by atoms with Crippen LogP contribution < -0.4 is 0 Å². The Morgan fingerprint density at radius 1 is 1.71 bits per heavy atom. The summed E-state index contributed by atoms with van der Waals surface area (Å²) in [7, 11) is 0. The van der Waals surface area contributed by atoms with Crippen molar-refractivity contribution < 1.29 is 9.53 Å². The van der Waals surface area contributed by atoms with Gasteiger partial charge < -0.3 is 4.74 Å². The number of halogens is 1. The van der Waals surface area contributed by atoms with E-state index in [9.17, 15) is 4.79 Å². The maximum Gasteiger partial charge on any atom is 0.328 e. The second-order valence-corrected chi connectivity index (χ2v) is 4.36. The molecule has 0 heterocycles. The summed E-state index contributed by atoms with van der Waals surface area (Å²) in [6.45, 7) is 1.96. The molecule has 1 unspecified atom stereocenters. The largest absolute Gasteiger partial charge is 0.465 e. The number of nitrogens with zero attached hydrogens (tertiary/aromatic N) is 2. The first-order valence-corrected chi connectivity index (χ1v) is 6.11. The van der Waals surface area contributed by atoms with Crippen molar-refractivity contribution in [1.82, 2.24) is 0 Å². The Labute approximate surface area is 113 Å². The minimum atomic E-state index is -0.951. The molecule has 0 saturated carbocycles. The summed E-state index contributed by atoms with van der Waals surface area (Å²) in [5, 5.41) is 8.81. The van der Waals surface area contributed by atoms with Crippen LogP contribution in [0.3, 0.4) is 0 Å². The highest BCUT2D eigenvalue weighted by molar-refractivity contribution is 14.1. The molecule has 0 amide bonds. The van der Waals surface area contributed by atoms with Crippen LogP contribution >= 0.6 is 22.6 Å². The van der Waals surface area contributed by atoms with Crippen molar-refractivity contribution in [2.45, 2.75) is 6.92 Å². The highest BCUT2D eigenvalue weighted by Gasteiger charge is 2.16. The number of ether oxygens (including phenoxy) is 1. The summed E-state index contributed by atoms with van der Waals surface area (Å²) in [5.74, 6) is -1.52. The molecule has 0 aliphatic rings. The van der Waals surface area contributed by atoms with E-state index in [4.69, 9.17) is 10.00 Å². The molecule has 4 nitrogen and oxygen atoms in total. The summed E-state index contributed by atoms with van der Waals surface area (Å²) < 4.78 is 5.80. The van der Waals surface area contributed by atoms with Crippen molar-refractivity contribution in [2.24, 2.45) is 10.9 Å². The van der Waals surface area contributed by atoms with Crippen LogP contribution in [0.2, 0.25) is 0 Å². The molecule has 0 fully saturated rings. The fraction of sp³-hybridized carbons (Fsp3) is 0.250. The molecular weight excluding hydrogens is 331 g/mol. The van der Waals surface area contributed by atoms with Gasteiger partial charge in [0.1, 0.15) is 0 Å². The number of nitriles is 1. The zero-order valence-electron chi connectivity index (χ0n) is 9.26. The molecule has 1 aromatic carbocycles. The van der Waals surface area contributed by atoms with Crippen LogP contribution in [-0.4, -0.2) is 18.8 Å². The van der Waals surface area contributed by atoms with Crippen LogP contribution in [0.4, 0.5) is 5.69 Å². The molecule has 0 aliphatic heterocycles. The molecule has 0 spiro atoms. The molecule has 1 atom stereocenters. The Balaban J connectivity index is 2.75. The van der Waals surface area contributed by atoms with E-state index < -0.39 is 11.9 Å². The van der Waals surface area contributed by atoms with E-state index in [1.165, 1.54) is 6.21 Å². The van der Waals surface area contributed by atoms with Crippen molar-refractivity contribution in [1.29, 1.82) is 5.26 Å². The van der Waals surface area contributed by atoms with E-state index >= 15 is 0 Å². The second kappa shape index (κ2) is 7.01. The van der Waals surface area contributed by atoms with Gasteiger partial charge in [0.25, 0.3) is 0 Å². The molecule has 1 rings (SSSR count). The lowest BCUT2D eigenvalue weighted by Crippen LogP contribution is -2.17. The highest BCUT2D eigenvalue weighted by Crippen LogP contribution is 2.15. The smallest absolute Gasteiger partial charge is 0.328 e. The molecule has 17 heavy (non-hydrogen) atoms. The Kier molecular flexibility index (Phi) is 5.63. The van der Waals surface area contributed by atoms with Crippen molar-refractivity contribution in [3.05, 3.63) is 27.8 Å². The van der Waals surface area contributed by atoms with E-state index in [0.717, 1.165) is 3.57 Å². The summed E-state index contributed by atoms with van der Waals surface area (Å²) in [6.07, 6.45) is 1.31. The van der Waals surface area contributed by atoms with E-state index in [1.807, 2.05) is 24.3 Å². The first-order chi connectivity index (χ1) is 8.17. The van der Waals surface area contributed by atoms with Crippen LogP contribution in [0.15, 0.2) is 29.3 Å². The SMILES string of the molecule is CCOC(=O)C(C#N)C=Nc1cccc(I)c1. The molecule has 0 saturated heterocycles. The van der Waals surface area contributed by atoms with Gasteiger partial charge in [0, 0.05) is 9.78 Å². The Bertz CT molecular complexity index is 466. The Morgan fingerprint density at radius 2 is 2.47 bits per heavy atom. The van der Waals surface area contributed by atoms with Gasteiger partial charge in [0.05, 0.1) is 18.4 Å². The average Bonchev–Trinajstić information content (AvgIpc) is 2.30. The number of carbonyl (C=O) groups is 1. The maximum atomic E-state index is 11.3. The molecule has 1 aromatic rings. The number of hydrogen-bond donors (Lipinski definition) is 0. The van der Waals surface area contributed by atoms with Gasteiger partial charge in [-0.05, 0) is 47.7 Å². The van der Waals surface area contributed by atoms with Gasteiger partial charge >= 0.3 is 5.97 Å².